The molecule has 0 saturated carbocycles. The highest BCUT2D eigenvalue weighted by Crippen LogP contribution is 2.35. The van der Waals surface area contributed by atoms with Crippen LogP contribution in [0.1, 0.15) is 24.6 Å². The number of anilines is 2. The normalized spacial score (nSPS) is 15.1. The minimum absolute atomic E-state index is 0.110. The highest BCUT2D eigenvalue weighted by molar-refractivity contribution is 5.91. The van der Waals surface area contributed by atoms with E-state index in [0.29, 0.717) is 60.1 Å². The largest absolute Gasteiger partial charge is 0.493 e. The van der Waals surface area contributed by atoms with Gasteiger partial charge in [-0.2, -0.15) is 4.98 Å². The topological polar surface area (TPSA) is 129 Å². The number of piperidine rings is 1. The predicted octanol–water partition coefficient (Wildman–Crippen LogP) is 1.84. The van der Waals surface area contributed by atoms with Gasteiger partial charge < -0.3 is 29.6 Å². The van der Waals surface area contributed by atoms with Gasteiger partial charge in [-0.1, -0.05) is 0 Å². The fourth-order valence-electron chi connectivity index (χ4n) is 3.74. The molecule has 4 rings (SSSR count). The van der Waals surface area contributed by atoms with Crippen molar-refractivity contribution >= 4 is 22.7 Å². The van der Waals surface area contributed by atoms with E-state index < -0.39 is 5.76 Å². The molecule has 10 heteroatoms. The monoisotopic (exact) mass is 401 g/mol. The first-order chi connectivity index (χ1) is 13.9. The average molecular weight is 401 g/mol. The molecule has 0 unspecified atom stereocenters. The predicted molar refractivity (Wildman–Crippen MR) is 107 cm³/mol. The molecule has 154 valence electrons. The molecular formula is C19H23N5O5. The molecule has 2 aromatic heterocycles. The van der Waals surface area contributed by atoms with Gasteiger partial charge in [0.25, 0.3) is 0 Å². The number of benzene rings is 1. The van der Waals surface area contributed by atoms with Gasteiger partial charge in [0.1, 0.15) is 5.82 Å². The van der Waals surface area contributed by atoms with Crippen molar-refractivity contribution < 1.29 is 19.0 Å². The molecule has 3 N–H and O–H groups in total. The maximum absolute atomic E-state index is 12.0. The van der Waals surface area contributed by atoms with Crippen LogP contribution in [0.15, 0.2) is 21.3 Å². The zero-order chi connectivity index (χ0) is 20.7. The lowest BCUT2D eigenvalue weighted by Crippen LogP contribution is -2.37. The number of aromatic nitrogens is 3. The number of nitrogens with zero attached hydrogens (tertiary/aromatic N) is 4. The number of ether oxygens (including phenoxy) is 2. The van der Waals surface area contributed by atoms with Gasteiger partial charge in [0.05, 0.1) is 19.7 Å². The maximum atomic E-state index is 12.0. The number of nitrogens with two attached hydrogens (primary N) is 1. The third-order valence-electron chi connectivity index (χ3n) is 5.31. The second-order valence-corrected chi connectivity index (χ2v) is 6.97. The average Bonchev–Trinajstić information content (AvgIpc) is 2.98. The van der Waals surface area contributed by atoms with Gasteiger partial charge in [0.15, 0.2) is 17.3 Å². The van der Waals surface area contributed by atoms with E-state index in [1.54, 1.807) is 33.3 Å². The SMILES string of the molecule is COc1cc2nc(N3CCC(n4c(O)c(C)oc4=O)CC3)nc(N)c2cc1OC. The molecule has 1 aliphatic rings. The molecular weight excluding hydrogens is 378 g/mol. The first-order valence-electron chi connectivity index (χ1n) is 9.28. The number of aryl methyl sites for hydroxylation is 1. The Morgan fingerprint density at radius 3 is 2.41 bits per heavy atom. The molecule has 1 aromatic carbocycles. The molecule has 3 heterocycles. The number of oxazole rings is 1. The van der Waals surface area contributed by atoms with Crippen LogP contribution in [0.5, 0.6) is 17.4 Å². The Bertz CT molecular complexity index is 1110. The molecule has 0 atom stereocenters. The molecule has 1 fully saturated rings. The number of hydrogen-bond acceptors (Lipinski definition) is 9. The molecule has 0 amide bonds. The minimum atomic E-state index is -0.536. The fourth-order valence-corrected chi connectivity index (χ4v) is 3.74. The van der Waals surface area contributed by atoms with Crippen LogP contribution in [0.4, 0.5) is 11.8 Å². The molecule has 0 radical (unpaired) electrons. The highest BCUT2D eigenvalue weighted by atomic mass is 16.5. The van der Waals surface area contributed by atoms with Crippen molar-refractivity contribution in [1.82, 2.24) is 14.5 Å². The Labute approximate surface area is 166 Å². The fraction of sp³-hybridized carbons (Fsp3) is 0.421. The van der Waals surface area contributed by atoms with Crippen LogP contribution in [0.2, 0.25) is 0 Å². The first-order valence-corrected chi connectivity index (χ1v) is 9.28. The van der Waals surface area contributed by atoms with E-state index >= 15 is 0 Å². The number of nitrogen functional groups attached to an aromatic ring is 1. The number of fused-ring (bicyclic) bond motifs is 1. The Hall–Kier alpha value is -3.43. The van der Waals surface area contributed by atoms with Crippen molar-refractivity contribution in [1.29, 1.82) is 0 Å². The smallest absolute Gasteiger partial charge is 0.422 e. The van der Waals surface area contributed by atoms with E-state index in [-0.39, 0.29) is 17.7 Å². The van der Waals surface area contributed by atoms with E-state index in [9.17, 15) is 9.90 Å². The van der Waals surface area contributed by atoms with E-state index in [1.165, 1.54) is 4.57 Å². The van der Waals surface area contributed by atoms with E-state index in [1.807, 2.05) is 4.90 Å². The third kappa shape index (κ3) is 3.20. The van der Waals surface area contributed by atoms with Crippen molar-refractivity contribution in [3.8, 4) is 17.4 Å². The van der Waals surface area contributed by atoms with Gasteiger partial charge in [-0.25, -0.2) is 14.3 Å². The van der Waals surface area contributed by atoms with Gasteiger partial charge in [-0.05, 0) is 25.8 Å². The zero-order valence-electron chi connectivity index (χ0n) is 16.5. The minimum Gasteiger partial charge on any atom is -0.493 e. The third-order valence-corrected chi connectivity index (χ3v) is 5.31. The highest BCUT2D eigenvalue weighted by Gasteiger charge is 2.27. The summed E-state index contributed by atoms with van der Waals surface area (Å²) in [5.74, 6) is 1.57. The molecule has 10 nitrogen and oxygen atoms in total. The maximum Gasteiger partial charge on any atom is 0.422 e. The zero-order valence-corrected chi connectivity index (χ0v) is 16.5. The van der Waals surface area contributed by atoms with E-state index in [4.69, 9.17) is 19.6 Å². The van der Waals surface area contributed by atoms with Crippen molar-refractivity contribution in [2.75, 3.05) is 37.9 Å². The van der Waals surface area contributed by atoms with Crippen molar-refractivity contribution in [2.45, 2.75) is 25.8 Å². The summed E-state index contributed by atoms with van der Waals surface area (Å²) in [5, 5.41) is 10.8. The molecule has 0 spiro atoms. The lowest BCUT2D eigenvalue weighted by atomic mass is 10.1. The summed E-state index contributed by atoms with van der Waals surface area (Å²) >= 11 is 0. The Balaban J connectivity index is 1.60. The summed E-state index contributed by atoms with van der Waals surface area (Å²) in [6.07, 6.45) is 1.28. The van der Waals surface area contributed by atoms with Crippen LogP contribution < -0.4 is 25.9 Å². The summed E-state index contributed by atoms with van der Waals surface area (Å²) in [6.45, 7) is 2.79. The molecule has 1 saturated heterocycles. The van der Waals surface area contributed by atoms with Gasteiger partial charge in [0.2, 0.25) is 11.8 Å². The van der Waals surface area contributed by atoms with Crippen molar-refractivity contribution in [3.05, 3.63) is 28.4 Å². The quantitative estimate of drug-likeness (QED) is 0.672. The number of hydrogen-bond donors (Lipinski definition) is 2. The van der Waals surface area contributed by atoms with Crippen LogP contribution in [-0.4, -0.2) is 47.0 Å². The van der Waals surface area contributed by atoms with Crippen LogP contribution >= 0.6 is 0 Å². The van der Waals surface area contributed by atoms with Crippen molar-refractivity contribution in [3.63, 3.8) is 0 Å². The molecule has 0 aliphatic carbocycles. The molecule has 1 aliphatic heterocycles. The van der Waals surface area contributed by atoms with Gasteiger partial charge in [-0.3, -0.25) is 0 Å². The summed E-state index contributed by atoms with van der Waals surface area (Å²) < 4.78 is 17.0. The lowest BCUT2D eigenvalue weighted by Gasteiger charge is -2.32. The lowest BCUT2D eigenvalue weighted by molar-refractivity contribution is 0.324. The Morgan fingerprint density at radius 1 is 1.17 bits per heavy atom. The van der Waals surface area contributed by atoms with Crippen LogP contribution in [0.25, 0.3) is 10.9 Å². The Kier molecular flexibility index (Phi) is 4.69. The van der Waals surface area contributed by atoms with Gasteiger partial charge in [-0.15, -0.1) is 0 Å². The first kappa shape index (κ1) is 18.9. The van der Waals surface area contributed by atoms with E-state index in [2.05, 4.69) is 9.97 Å². The summed E-state index contributed by atoms with van der Waals surface area (Å²) in [6, 6.07) is 3.39. The number of aromatic hydroxyl groups is 1. The van der Waals surface area contributed by atoms with Gasteiger partial charge in [0, 0.05) is 30.6 Å². The second kappa shape index (κ2) is 7.19. The van der Waals surface area contributed by atoms with Gasteiger partial charge >= 0.3 is 5.76 Å². The standard InChI is InChI=1S/C19H23N5O5/c1-10-17(25)24(19(26)29-10)11-4-6-23(7-5-11)18-21-13-9-15(28-3)14(27-2)8-12(13)16(20)22-18/h8-9,11,25H,4-7H2,1-3H3,(H2,20,21,22). The second-order valence-electron chi connectivity index (χ2n) is 6.97. The number of methoxy groups -OCH3 is 2. The van der Waals surface area contributed by atoms with Crippen LogP contribution in [-0.2, 0) is 0 Å². The summed E-state index contributed by atoms with van der Waals surface area (Å²) in [7, 11) is 3.12. The summed E-state index contributed by atoms with van der Waals surface area (Å²) in [4.78, 5) is 23.1. The Morgan fingerprint density at radius 2 is 1.83 bits per heavy atom. The molecule has 0 bridgehead atoms. The van der Waals surface area contributed by atoms with Crippen molar-refractivity contribution in [2.24, 2.45) is 0 Å². The van der Waals surface area contributed by atoms with Crippen LogP contribution in [0.3, 0.4) is 0 Å². The summed E-state index contributed by atoms with van der Waals surface area (Å²) in [5.41, 5.74) is 6.83. The molecule has 3 aromatic rings. The number of rotatable bonds is 4. The van der Waals surface area contributed by atoms with Crippen LogP contribution in [0, 0.1) is 6.92 Å². The van der Waals surface area contributed by atoms with E-state index in [0.717, 1.165) is 0 Å². The molecule has 29 heavy (non-hydrogen) atoms.